The number of nitrogens with zero attached hydrogens (tertiary/aromatic N) is 1. The molecule has 0 spiro atoms. The third-order valence-corrected chi connectivity index (χ3v) is 6.13. The van der Waals surface area contributed by atoms with Gasteiger partial charge in [0.25, 0.3) is 0 Å². The van der Waals surface area contributed by atoms with Crippen LogP contribution in [0.1, 0.15) is 40.0 Å². The summed E-state index contributed by atoms with van der Waals surface area (Å²) >= 11 is 0. The van der Waals surface area contributed by atoms with Crippen LogP contribution in [0.25, 0.3) is 0 Å². The third-order valence-electron chi connectivity index (χ3n) is 6.13. The molecular weight excluding hydrogens is 354 g/mol. The van der Waals surface area contributed by atoms with Gasteiger partial charge in [0.15, 0.2) is 11.6 Å². The van der Waals surface area contributed by atoms with Gasteiger partial charge in [-0.15, -0.1) is 0 Å². The van der Waals surface area contributed by atoms with Crippen LogP contribution < -0.4 is 10.5 Å². The lowest BCUT2D eigenvalue weighted by atomic mass is 9.54. The molecule has 2 fully saturated rings. The standard InChI is InChI=1S/C20H28F2N2O3/c1-4-26-17-12-20(23,19(17,2)3)18(25)24-9-7-14(8-10-24)27-16-6-5-13(21)11-15(16)22/h5-6,11,14,17H,4,7-10,12,23H2,1-3H3. The summed E-state index contributed by atoms with van der Waals surface area (Å²) in [6.45, 7) is 7.48. The summed E-state index contributed by atoms with van der Waals surface area (Å²) in [6, 6.07) is 3.27. The van der Waals surface area contributed by atoms with Crippen LogP contribution in [0.4, 0.5) is 8.78 Å². The molecule has 0 aromatic heterocycles. The monoisotopic (exact) mass is 382 g/mol. The summed E-state index contributed by atoms with van der Waals surface area (Å²) in [5.41, 5.74) is 5.13. The quantitative estimate of drug-likeness (QED) is 0.851. The molecule has 1 aliphatic carbocycles. The van der Waals surface area contributed by atoms with Gasteiger partial charge in [-0.25, -0.2) is 8.78 Å². The van der Waals surface area contributed by atoms with E-state index in [1.165, 1.54) is 12.1 Å². The smallest absolute Gasteiger partial charge is 0.243 e. The Balaban J connectivity index is 1.57. The largest absolute Gasteiger partial charge is 0.487 e. The van der Waals surface area contributed by atoms with Crippen LogP contribution in [0.2, 0.25) is 0 Å². The maximum atomic E-state index is 13.7. The minimum atomic E-state index is -0.927. The molecule has 27 heavy (non-hydrogen) atoms. The lowest BCUT2D eigenvalue weighted by molar-refractivity contribution is -0.180. The highest BCUT2D eigenvalue weighted by Gasteiger charge is 2.63. The predicted octanol–water partition coefficient (Wildman–Crippen LogP) is 2.87. The molecule has 2 atom stereocenters. The third kappa shape index (κ3) is 3.55. The van der Waals surface area contributed by atoms with Crippen LogP contribution >= 0.6 is 0 Å². The molecule has 5 nitrogen and oxygen atoms in total. The summed E-state index contributed by atoms with van der Waals surface area (Å²) in [4.78, 5) is 14.8. The summed E-state index contributed by atoms with van der Waals surface area (Å²) in [7, 11) is 0. The summed E-state index contributed by atoms with van der Waals surface area (Å²) in [5, 5.41) is 0. The minimum Gasteiger partial charge on any atom is -0.487 e. The number of piperidine rings is 1. The molecule has 1 amide bonds. The molecule has 2 unspecified atom stereocenters. The van der Waals surface area contributed by atoms with E-state index in [1.54, 1.807) is 4.90 Å². The van der Waals surface area contributed by atoms with Crippen LogP contribution in [0.3, 0.4) is 0 Å². The van der Waals surface area contributed by atoms with Crippen molar-refractivity contribution in [2.75, 3.05) is 19.7 Å². The van der Waals surface area contributed by atoms with Crippen molar-refractivity contribution in [2.24, 2.45) is 11.1 Å². The number of carbonyl (C=O) groups is 1. The molecule has 1 aromatic carbocycles. The molecule has 0 bridgehead atoms. The van der Waals surface area contributed by atoms with E-state index in [2.05, 4.69) is 0 Å². The first-order chi connectivity index (χ1) is 12.7. The maximum absolute atomic E-state index is 13.7. The Bertz CT molecular complexity index is 704. The van der Waals surface area contributed by atoms with Gasteiger partial charge in [-0.2, -0.15) is 0 Å². The van der Waals surface area contributed by atoms with Crippen molar-refractivity contribution in [3.8, 4) is 5.75 Å². The topological polar surface area (TPSA) is 64.8 Å². The van der Waals surface area contributed by atoms with Crippen molar-refractivity contribution >= 4 is 5.91 Å². The highest BCUT2D eigenvalue weighted by molar-refractivity contribution is 5.89. The average molecular weight is 382 g/mol. The molecule has 1 aliphatic heterocycles. The van der Waals surface area contributed by atoms with Crippen molar-refractivity contribution < 1.29 is 23.0 Å². The van der Waals surface area contributed by atoms with E-state index < -0.39 is 22.6 Å². The van der Waals surface area contributed by atoms with Gasteiger partial charge in [-0.1, -0.05) is 13.8 Å². The fraction of sp³-hybridized carbons (Fsp3) is 0.650. The number of hydrogen-bond acceptors (Lipinski definition) is 4. The first-order valence-corrected chi connectivity index (χ1v) is 9.50. The second kappa shape index (κ2) is 7.36. The number of likely N-dealkylation sites (tertiary alicyclic amines) is 1. The molecule has 2 aliphatic rings. The highest BCUT2D eigenvalue weighted by Crippen LogP contribution is 2.50. The number of nitrogens with two attached hydrogens (primary N) is 1. The molecule has 1 saturated carbocycles. The number of amides is 1. The number of ether oxygens (including phenoxy) is 2. The first-order valence-electron chi connectivity index (χ1n) is 9.50. The van der Waals surface area contributed by atoms with Gasteiger partial charge in [0, 0.05) is 50.4 Å². The van der Waals surface area contributed by atoms with E-state index >= 15 is 0 Å². The number of rotatable bonds is 5. The Morgan fingerprint density at radius 3 is 2.52 bits per heavy atom. The Kier molecular flexibility index (Phi) is 5.45. The van der Waals surface area contributed by atoms with Gasteiger partial charge >= 0.3 is 0 Å². The van der Waals surface area contributed by atoms with Crippen LogP contribution in [-0.2, 0) is 9.53 Å². The van der Waals surface area contributed by atoms with Crippen LogP contribution in [0.5, 0.6) is 5.75 Å². The van der Waals surface area contributed by atoms with E-state index in [0.717, 1.165) is 6.07 Å². The molecule has 1 heterocycles. The van der Waals surface area contributed by atoms with Gasteiger partial charge in [0.2, 0.25) is 5.91 Å². The molecule has 150 valence electrons. The summed E-state index contributed by atoms with van der Waals surface area (Å²) in [6.07, 6.45) is 1.44. The SMILES string of the molecule is CCOC1CC(N)(C(=O)N2CCC(Oc3ccc(F)cc3F)CC2)C1(C)C. The van der Waals surface area contributed by atoms with Gasteiger partial charge < -0.3 is 20.1 Å². The Morgan fingerprint density at radius 2 is 1.96 bits per heavy atom. The van der Waals surface area contributed by atoms with Crippen molar-refractivity contribution in [1.82, 2.24) is 4.90 Å². The summed E-state index contributed by atoms with van der Waals surface area (Å²) < 4.78 is 38.1. The van der Waals surface area contributed by atoms with E-state index in [1.807, 2.05) is 20.8 Å². The van der Waals surface area contributed by atoms with E-state index in [0.29, 0.717) is 39.0 Å². The van der Waals surface area contributed by atoms with E-state index in [4.69, 9.17) is 15.2 Å². The van der Waals surface area contributed by atoms with Gasteiger partial charge in [0.1, 0.15) is 17.5 Å². The molecule has 1 saturated heterocycles. The molecule has 2 N–H and O–H groups in total. The number of carbonyl (C=O) groups excluding carboxylic acids is 1. The van der Waals surface area contributed by atoms with Crippen LogP contribution in [0.15, 0.2) is 18.2 Å². The van der Waals surface area contributed by atoms with Crippen molar-refractivity contribution in [1.29, 1.82) is 0 Å². The van der Waals surface area contributed by atoms with E-state index in [9.17, 15) is 13.6 Å². The fourth-order valence-corrected chi connectivity index (χ4v) is 4.01. The highest BCUT2D eigenvalue weighted by atomic mass is 19.1. The zero-order valence-electron chi connectivity index (χ0n) is 16.1. The second-order valence-corrected chi connectivity index (χ2v) is 8.03. The fourth-order valence-electron chi connectivity index (χ4n) is 4.01. The molecule has 1 aromatic rings. The Morgan fingerprint density at radius 1 is 1.30 bits per heavy atom. The van der Waals surface area contributed by atoms with E-state index in [-0.39, 0.29) is 23.9 Å². The molecule has 3 rings (SSSR count). The zero-order valence-corrected chi connectivity index (χ0v) is 16.1. The molecule has 7 heteroatoms. The van der Waals surface area contributed by atoms with Crippen molar-refractivity contribution in [3.05, 3.63) is 29.8 Å². The number of benzene rings is 1. The lowest BCUT2D eigenvalue weighted by Gasteiger charge is -2.59. The maximum Gasteiger partial charge on any atom is 0.243 e. The molecule has 0 radical (unpaired) electrons. The van der Waals surface area contributed by atoms with Crippen molar-refractivity contribution in [2.45, 2.75) is 57.8 Å². The normalized spacial score (nSPS) is 27.9. The molecular formula is C20H28F2N2O3. The predicted molar refractivity (Wildman–Crippen MR) is 97.3 cm³/mol. The first kappa shape index (κ1) is 20.0. The lowest BCUT2D eigenvalue weighted by Crippen LogP contribution is -2.76. The minimum absolute atomic E-state index is 0.0150. The second-order valence-electron chi connectivity index (χ2n) is 8.03. The van der Waals surface area contributed by atoms with Gasteiger partial charge in [0.05, 0.1) is 6.10 Å². The van der Waals surface area contributed by atoms with Gasteiger partial charge in [-0.05, 0) is 19.1 Å². The van der Waals surface area contributed by atoms with Crippen molar-refractivity contribution in [3.63, 3.8) is 0 Å². The Labute approximate surface area is 158 Å². The summed E-state index contributed by atoms with van der Waals surface area (Å²) in [5.74, 6) is -1.37. The number of halogens is 2. The van der Waals surface area contributed by atoms with Gasteiger partial charge in [-0.3, -0.25) is 4.79 Å². The van der Waals surface area contributed by atoms with Crippen LogP contribution in [0, 0.1) is 17.0 Å². The number of hydrogen-bond donors (Lipinski definition) is 1. The zero-order chi connectivity index (χ0) is 19.8. The van der Waals surface area contributed by atoms with Crippen LogP contribution in [-0.4, -0.2) is 48.3 Å². The average Bonchev–Trinajstić information content (AvgIpc) is 2.63. The Hall–Kier alpha value is -1.73.